The van der Waals surface area contributed by atoms with Crippen molar-refractivity contribution in [2.75, 3.05) is 13.7 Å². The Labute approximate surface area is 134 Å². The van der Waals surface area contributed by atoms with E-state index in [9.17, 15) is 5.11 Å². The maximum Gasteiger partial charge on any atom is 0.125 e. The Balaban J connectivity index is 1.79. The molecule has 0 amide bonds. The van der Waals surface area contributed by atoms with Crippen molar-refractivity contribution in [3.8, 4) is 5.75 Å². The molecule has 0 aromatic heterocycles. The third-order valence-electron chi connectivity index (χ3n) is 5.01. The Hall–Kier alpha value is -0.580. The number of methoxy groups -OCH3 is 1. The van der Waals surface area contributed by atoms with Gasteiger partial charge in [-0.2, -0.15) is 0 Å². The second-order valence-electron chi connectivity index (χ2n) is 6.32. The van der Waals surface area contributed by atoms with E-state index >= 15 is 0 Å². The van der Waals surface area contributed by atoms with Crippen LogP contribution in [0.3, 0.4) is 0 Å². The van der Waals surface area contributed by atoms with Gasteiger partial charge in [0.15, 0.2) is 0 Å². The third kappa shape index (κ3) is 3.13. The van der Waals surface area contributed by atoms with Gasteiger partial charge < -0.3 is 14.6 Å². The van der Waals surface area contributed by atoms with Crippen LogP contribution in [0.5, 0.6) is 5.75 Å². The molecule has 2 unspecified atom stereocenters. The lowest BCUT2D eigenvalue weighted by atomic mass is 9.79. The van der Waals surface area contributed by atoms with E-state index < -0.39 is 6.10 Å². The van der Waals surface area contributed by atoms with E-state index in [1.807, 2.05) is 18.2 Å². The number of aliphatic hydroxyl groups excluding tert-OH is 1. The largest absolute Gasteiger partial charge is 0.496 e. The summed E-state index contributed by atoms with van der Waals surface area (Å²) >= 11 is 3.45. The molecule has 3 rings (SSSR count). The fourth-order valence-corrected chi connectivity index (χ4v) is 4.23. The molecule has 1 aliphatic carbocycles. The molecule has 1 spiro atoms. The Morgan fingerprint density at radius 3 is 2.86 bits per heavy atom. The highest BCUT2D eigenvalue weighted by atomic mass is 79.9. The number of aliphatic hydroxyl groups is 1. The number of benzene rings is 1. The van der Waals surface area contributed by atoms with Crippen LogP contribution in [-0.4, -0.2) is 24.4 Å². The second-order valence-corrected chi connectivity index (χ2v) is 7.24. The molecule has 1 aromatic rings. The average molecular weight is 355 g/mol. The highest BCUT2D eigenvalue weighted by Crippen LogP contribution is 2.46. The van der Waals surface area contributed by atoms with Gasteiger partial charge in [-0.25, -0.2) is 0 Å². The van der Waals surface area contributed by atoms with Crippen LogP contribution in [-0.2, 0) is 4.74 Å². The number of hydrogen-bond donors (Lipinski definition) is 1. The molecule has 0 radical (unpaired) electrons. The van der Waals surface area contributed by atoms with Crippen molar-refractivity contribution in [3.63, 3.8) is 0 Å². The summed E-state index contributed by atoms with van der Waals surface area (Å²) in [6.07, 6.45) is 6.21. The monoisotopic (exact) mass is 354 g/mol. The predicted molar refractivity (Wildman–Crippen MR) is 85.5 cm³/mol. The fraction of sp³-hybridized carbons (Fsp3) is 0.647. The van der Waals surface area contributed by atoms with Crippen LogP contribution in [0.4, 0.5) is 0 Å². The van der Waals surface area contributed by atoms with E-state index in [0.717, 1.165) is 48.1 Å². The van der Waals surface area contributed by atoms with Crippen LogP contribution in [0, 0.1) is 5.92 Å². The zero-order valence-corrected chi connectivity index (χ0v) is 14.1. The maximum atomic E-state index is 10.8. The van der Waals surface area contributed by atoms with Crippen LogP contribution < -0.4 is 4.74 Å². The van der Waals surface area contributed by atoms with Gasteiger partial charge >= 0.3 is 0 Å². The van der Waals surface area contributed by atoms with Gasteiger partial charge in [-0.3, -0.25) is 0 Å². The minimum Gasteiger partial charge on any atom is -0.496 e. The van der Waals surface area contributed by atoms with Gasteiger partial charge in [-0.1, -0.05) is 34.8 Å². The normalized spacial score (nSPS) is 26.0. The summed E-state index contributed by atoms with van der Waals surface area (Å²) in [5.74, 6) is 1.01. The Morgan fingerprint density at radius 1 is 1.38 bits per heavy atom. The van der Waals surface area contributed by atoms with Gasteiger partial charge in [0.1, 0.15) is 5.75 Å². The van der Waals surface area contributed by atoms with Gasteiger partial charge in [0.25, 0.3) is 0 Å². The molecule has 2 atom stereocenters. The second kappa shape index (κ2) is 6.27. The molecule has 1 N–H and O–H groups in total. The molecule has 1 aromatic carbocycles. The third-order valence-corrected chi connectivity index (χ3v) is 5.50. The summed E-state index contributed by atoms with van der Waals surface area (Å²) in [5.41, 5.74) is 0.924. The van der Waals surface area contributed by atoms with Crippen molar-refractivity contribution < 1.29 is 14.6 Å². The van der Waals surface area contributed by atoms with Crippen LogP contribution in [0.25, 0.3) is 0 Å². The number of rotatable bonds is 3. The Bertz CT molecular complexity index is 497. The minimum absolute atomic E-state index is 0.0342. The molecule has 116 valence electrons. The van der Waals surface area contributed by atoms with E-state index in [2.05, 4.69) is 15.9 Å². The molecular formula is C17H23BrO3. The zero-order chi connectivity index (χ0) is 14.9. The topological polar surface area (TPSA) is 38.7 Å². The molecule has 1 heterocycles. The average Bonchev–Trinajstić information content (AvgIpc) is 2.94. The molecule has 1 aliphatic heterocycles. The number of ether oxygens (including phenoxy) is 2. The standard InChI is InChI=1S/C17H23BrO3/c1-20-15-10-13(18)4-5-14(15)16(19)12-6-9-21-17(11-12)7-2-3-8-17/h4-5,10,12,16,19H,2-3,6-9,11H2,1H3. The van der Waals surface area contributed by atoms with Crippen molar-refractivity contribution in [2.45, 2.75) is 50.2 Å². The Morgan fingerprint density at radius 2 is 2.14 bits per heavy atom. The highest BCUT2D eigenvalue weighted by Gasteiger charge is 2.42. The molecule has 4 heteroatoms. The lowest BCUT2D eigenvalue weighted by molar-refractivity contribution is -0.113. The van der Waals surface area contributed by atoms with E-state index in [1.165, 1.54) is 12.8 Å². The van der Waals surface area contributed by atoms with E-state index in [1.54, 1.807) is 7.11 Å². The fourth-order valence-electron chi connectivity index (χ4n) is 3.89. The molecule has 0 bridgehead atoms. The van der Waals surface area contributed by atoms with Gasteiger partial charge in [-0.05, 0) is 43.7 Å². The van der Waals surface area contributed by atoms with Gasteiger partial charge in [0, 0.05) is 16.6 Å². The van der Waals surface area contributed by atoms with Crippen LogP contribution in [0.1, 0.15) is 50.2 Å². The van der Waals surface area contributed by atoms with Gasteiger partial charge in [0.05, 0.1) is 18.8 Å². The molecule has 21 heavy (non-hydrogen) atoms. The number of hydrogen-bond acceptors (Lipinski definition) is 3. The SMILES string of the molecule is COc1cc(Br)ccc1C(O)C1CCOC2(CCCC2)C1. The van der Waals surface area contributed by atoms with Crippen molar-refractivity contribution in [2.24, 2.45) is 5.92 Å². The summed E-state index contributed by atoms with van der Waals surface area (Å²) < 4.78 is 12.5. The first-order chi connectivity index (χ1) is 10.1. The van der Waals surface area contributed by atoms with Crippen LogP contribution >= 0.6 is 15.9 Å². The first-order valence-electron chi connectivity index (χ1n) is 7.79. The van der Waals surface area contributed by atoms with E-state index in [0.29, 0.717) is 0 Å². The molecule has 2 aliphatic rings. The summed E-state index contributed by atoms with van der Waals surface area (Å²) in [6, 6.07) is 5.85. The van der Waals surface area contributed by atoms with Gasteiger partial charge in [0.2, 0.25) is 0 Å². The molecule has 3 nitrogen and oxygen atoms in total. The van der Waals surface area contributed by atoms with E-state index in [4.69, 9.17) is 9.47 Å². The summed E-state index contributed by atoms with van der Waals surface area (Å²) in [7, 11) is 1.65. The minimum atomic E-state index is -0.477. The van der Waals surface area contributed by atoms with Crippen LogP contribution in [0.2, 0.25) is 0 Å². The first-order valence-corrected chi connectivity index (χ1v) is 8.58. The lowest BCUT2D eigenvalue weighted by Crippen LogP contribution is -2.39. The smallest absolute Gasteiger partial charge is 0.125 e. The van der Waals surface area contributed by atoms with Crippen LogP contribution in [0.15, 0.2) is 22.7 Å². The Kier molecular flexibility index (Phi) is 4.57. The first kappa shape index (κ1) is 15.3. The maximum absolute atomic E-state index is 10.8. The lowest BCUT2D eigenvalue weighted by Gasteiger charge is -2.40. The molecule has 1 saturated carbocycles. The number of halogens is 1. The highest BCUT2D eigenvalue weighted by molar-refractivity contribution is 9.10. The molecule has 1 saturated heterocycles. The summed E-state index contributed by atoms with van der Waals surface area (Å²) in [5, 5.41) is 10.8. The van der Waals surface area contributed by atoms with Crippen molar-refractivity contribution in [1.29, 1.82) is 0 Å². The van der Waals surface area contributed by atoms with Gasteiger partial charge in [-0.15, -0.1) is 0 Å². The predicted octanol–water partition coefficient (Wildman–Crippen LogP) is 4.23. The quantitative estimate of drug-likeness (QED) is 0.882. The summed E-state index contributed by atoms with van der Waals surface area (Å²) in [4.78, 5) is 0. The molecular weight excluding hydrogens is 332 g/mol. The zero-order valence-electron chi connectivity index (χ0n) is 12.5. The van der Waals surface area contributed by atoms with Crippen molar-refractivity contribution >= 4 is 15.9 Å². The van der Waals surface area contributed by atoms with Crippen molar-refractivity contribution in [3.05, 3.63) is 28.2 Å². The summed E-state index contributed by atoms with van der Waals surface area (Å²) in [6.45, 7) is 0.764. The van der Waals surface area contributed by atoms with E-state index in [-0.39, 0.29) is 11.5 Å². The van der Waals surface area contributed by atoms with Crippen molar-refractivity contribution in [1.82, 2.24) is 0 Å². The molecule has 2 fully saturated rings.